The van der Waals surface area contributed by atoms with Crippen LogP contribution in [0.5, 0.6) is 5.75 Å². The first-order valence-electron chi connectivity index (χ1n) is 4.76. The van der Waals surface area contributed by atoms with Crippen molar-refractivity contribution in [3.8, 4) is 5.75 Å². The molecule has 0 amide bonds. The number of ether oxygens (including phenoxy) is 1. The van der Waals surface area contributed by atoms with Gasteiger partial charge in [0.15, 0.2) is 5.75 Å². The predicted octanol–water partition coefficient (Wildman–Crippen LogP) is 2.17. The van der Waals surface area contributed by atoms with Gasteiger partial charge in [0.1, 0.15) is 5.75 Å². The number of carboxylic acid groups (broad SMARTS) is 1. The maximum absolute atomic E-state index is 12.0. The maximum Gasteiger partial charge on any atom is 0.573 e. The maximum atomic E-state index is 12.0. The number of carboxylic acids is 1. The Kier molecular flexibility index (Phi) is 4.86. The van der Waals surface area contributed by atoms with Gasteiger partial charge in [-0.1, -0.05) is 0 Å². The highest BCUT2D eigenvalue weighted by Gasteiger charge is 2.32. The molecule has 0 bridgehead atoms. The summed E-state index contributed by atoms with van der Waals surface area (Å²) >= 11 is 2.78. The molecule has 1 rings (SSSR count). The van der Waals surface area contributed by atoms with Crippen LogP contribution < -0.4 is 9.46 Å². The Bertz CT molecular complexity index is 616. The van der Waals surface area contributed by atoms with Gasteiger partial charge in [-0.15, -0.1) is 13.2 Å². The lowest BCUT2D eigenvalue weighted by molar-refractivity contribution is -0.274. The summed E-state index contributed by atoms with van der Waals surface area (Å²) < 4.78 is 64.1. The van der Waals surface area contributed by atoms with Crippen LogP contribution in [0.4, 0.5) is 18.9 Å². The van der Waals surface area contributed by atoms with E-state index in [4.69, 9.17) is 5.11 Å². The van der Waals surface area contributed by atoms with E-state index in [1.54, 1.807) is 0 Å². The van der Waals surface area contributed by atoms with Crippen LogP contribution in [0.1, 0.15) is 0 Å². The number of anilines is 1. The Labute approximate surface area is 119 Å². The van der Waals surface area contributed by atoms with Crippen molar-refractivity contribution in [3.05, 3.63) is 22.7 Å². The standard InChI is InChI=1S/C9H7BrF3NO5S/c10-6-3-5(14-20(17,18)4-8(15)16)1-2-7(6)19-9(11,12)13/h1-3,14H,4H2,(H,15,16). The number of rotatable bonds is 5. The predicted molar refractivity (Wildman–Crippen MR) is 65.9 cm³/mol. The number of carbonyl (C=O) groups is 1. The Morgan fingerprint density at radius 2 is 2.00 bits per heavy atom. The van der Waals surface area contributed by atoms with Crippen LogP contribution in [-0.4, -0.2) is 31.6 Å². The summed E-state index contributed by atoms with van der Waals surface area (Å²) in [5, 5.41) is 8.38. The molecule has 1 aromatic carbocycles. The van der Waals surface area contributed by atoms with Crippen LogP contribution in [0.2, 0.25) is 0 Å². The molecule has 112 valence electrons. The summed E-state index contributed by atoms with van der Waals surface area (Å²) in [6, 6.07) is 2.90. The van der Waals surface area contributed by atoms with Gasteiger partial charge < -0.3 is 9.84 Å². The molecule has 11 heteroatoms. The molecule has 2 N–H and O–H groups in total. The number of alkyl halides is 3. The SMILES string of the molecule is O=C(O)CS(=O)(=O)Nc1ccc(OC(F)(F)F)c(Br)c1. The highest BCUT2D eigenvalue weighted by Crippen LogP contribution is 2.32. The van der Waals surface area contributed by atoms with Gasteiger partial charge in [-0.25, -0.2) is 8.42 Å². The fourth-order valence-electron chi connectivity index (χ4n) is 1.15. The zero-order valence-corrected chi connectivity index (χ0v) is 11.8. The minimum absolute atomic E-state index is 0.104. The molecule has 0 aliphatic rings. The number of benzene rings is 1. The zero-order valence-electron chi connectivity index (χ0n) is 9.44. The van der Waals surface area contributed by atoms with Crippen LogP contribution in [0.3, 0.4) is 0 Å². The molecule has 0 radical (unpaired) electrons. The largest absolute Gasteiger partial charge is 0.573 e. The quantitative estimate of drug-likeness (QED) is 0.820. The third kappa shape index (κ3) is 5.65. The van der Waals surface area contributed by atoms with Crippen molar-refractivity contribution in [2.24, 2.45) is 0 Å². The minimum atomic E-state index is -4.88. The van der Waals surface area contributed by atoms with E-state index in [9.17, 15) is 26.4 Å². The van der Waals surface area contributed by atoms with E-state index in [-0.39, 0.29) is 10.2 Å². The molecule has 0 atom stereocenters. The van der Waals surface area contributed by atoms with Crippen LogP contribution >= 0.6 is 15.9 Å². The van der Waals surface area contributed by atoms with Crippen LogP contribution in [0, 0.1) is 0 Å². The lowest BCUT2D eigenvalue weighted by Crippen LogP contribution is -2.22. The van der Waals surface area contributed by atoms with E-state index in [0.717, 1.165) is 18.2 Å². The molecular formula is C9H7BrF3NO5S. The second-order valence-electron chi connectivity index (χ2n) is 3.45. The van der Waals surface area contributed by atoms with Gasteiger partial charge in [0.2, 0.25) is 10.0 Å². The highest BCUT2D eigenvalue weighted by atomic mass is 79.9. The lowest BCUT2D eigenvalue weighted by atomic mass is 10.3. The van der Waals surface area contributed by atoms with Crippen molar-refractivity contribution >= 4 is 37.6 Å². The fraction of sp³-hybridized carbons (Fsp3) is 0.222. The van der Waals surface area contributed by atoms with Crippen LogP contribution in [0.15, 0.2) is 22.7 Å². The van der Waals surface area contributed by atoms with E-state index in [1.807, 2.05) is 4.72 Å². The van der Waals surface area contributed by atoms with Crippen molar-refractivity contribution in [1.82, 2.24) is 0 Å². The average molecular weight is 378 g/mol. The number of hydrogen-bond acceptors (Lipinski definition) is 4. The van der Waals surface area contributed by atoms with Crippen molar-refractivity contribution < 1.29 is 36.2 Å². The normalized spacial score (nSPS) is 12.0. The minimum Gasteiger partial charge on any atom is -0.480 e. The molecule has 0 heterocycles. The first-order chi connectivity index (χ1) is 8.98. The lowest BCUT2D eigenvalue weighted by Gasteiger charge is -2.12. The van der Waals surface area contributed by atoms with Crippen LogP contribution in [-0.2, 0) is 14.8 Å². The number of nitrogens with one attached hydrogen (secondary N) is 1. The summed E-state index contributed by atoms with van der Waals surface area (Å²) in [5.74, 6) is -3.28. The number of sulfonamides is 1. The number of halogens is 4. The van der Waals surface area contributed by atoms with Gasteiger partial charge in [-0.2, -0.15) is 0 Å². The Morgan fingerprint density at radius 1 is 1.40 bits per heavy atom. The summed E-state index contributed by atoms with van der Waals surface area (Å²) in [5.41, 5.74) is -0.104. The monoisotopic (exact) mass is 377 g/mol. The van der Waals surface area contributed by atoms with E-state index in [0.29, 0.717) is 0 Å². The summed E-state index contributed by atoms with van der Waals surface area (Å²) in [6.45, 7) is 0. The first-order valence-corrected chi connectivity index (χ1v) is 7.20. The van der Waals surface area contributed by atoms with Gasteiger partial charge in [-0.3, -0.25) is 9.52 Å². The van der Waals surface area contributed by atoms with Gasteiger partial charge >= 0.3 is 12.3 Å². The van der Waals surface area contributed by atoms with E-state index in [1.165, 1.54) is 0 Å². The molecule has 0 aliphatic carbocycles. The number of aliphatic carboxylic acids is 1. The van der Waals surface area contributed by atoms with E-state index < -0.39 is 33.9 Å². The average Bonchev–Trinajstić information content (AvgIpc) is 2.17. The van der Waals surface area contributed by atoms with Crippen molar-refractivity contribution in [1.29, 1.82) is 0 Å². The Morgan fingerprint density at radius 3 is 2.45 bits per heavy atom. The molecule has 0 aromatic heterocycles. The fourth-order valence-corrected chi connectivity index (χ4v) is 2.49. The molecule has 0 unspecified atom stereocenters. The van der Waals surface area contributed by atoms with Crippen molar-refractivity contribution in [2.75, 3.05) is 10.5 Å². The Balaban J connectivity index is 2.91. The van der Waals surface area contributed by atoms with Crippen molar-refractivity contribution in [2.45, 2.75) is 6.36 Å². The molecule has 0 fully saturated rings. The molecule has 0 saturated carbocycles. The molecule has 0 saturated heterocycles. The zero-order chi connectivity index (χ0) is 15.6. The first kappa shape index (κ1) is 16.6. The topological polar surface area (TPSA) is 92.7 Å². The van der Waals surface area contributed by atoms with Crippen molar-refractivity contribution in [3.63, 3.8) is 0 Å². The third-order valence-corrected chi connectivity index (χ3v) is 3.54. The second kappa shape index (κ2) is 5.87. The molecule has 20 heavy (non-hydrogen) atoms. The Hall–Kier alpha value is -1.49. The highest BCUT2D eigenvalue weighted by molar-refractivity contribution is 9.10. The second-order valence-corrected chi connectivity index (χ2v) is 6.02. The number of hydrogen-bond donors (Lipinski definition) is 2. The van der Waals surface area contributed by atoms with E-state index in [2.05, 4.69) is 20.7 Å². The summed E-state index contributed by atoms with van der Waals surface area (Å²) in [4.78, 5) is 10.3. The smallest absolute Gasteiger partial charge is 0.480 e. The van der Waals surface area contributed by atoms with Gasteiger partial charge in [0.05, 0.1) is 4.47 Å². The molecule has 1 aromatic rings. The molecular weight excluding hydrogens is 371 g/mol. The summed E-state index contributed by atoms with van der Waals surface area (Å²) in [6.07, 6.45) is -4.88. The summed E-state index contributed by atoms with van der Waals surface area (Å²) in [7, 11) is -4.13. The third-order valence-electron chi connectivity index (χ3n) is 1.74. The molecule has 0 aliphatic heterocycles. The van der Waals surface area contributed by atoms with Crippen LogP contribution in [0.25, 0.3) is 0 Å². The van der Waals surface area contributed by atoms with Gasteiger partial charge in [-0.05, 0) is 34.1 Å². The van der Waals surface area contributed by atoms with Gasteiger partial charge in [0.25, 0.3) is 0 Å². The molecule has 6 nitrogen and oxygen atoms in total. The van der Waals surface area contributed by atoms with E-state index >= 15 is 0 Å². The van der Waals surface area contributed by atoms with Gasteiger partial charge in [0, 0.05) is 5.69 Å². The molecule has 0 spiro atoms.